The first-order chi connectivity index (χ1) is 21.2. The van der Waals surface area contributed by atoms with Crippen LogP contribution in [0.3, 0.4) is 0 Å². The van der Waals surface area contributed by atoms with Crippen LogP contribution in [0.25, 0.3) is 33.2 Å². The fraction of sp³-hybridized carbons (Fsp3) is 0.366. The Morgan fingerprint density at radius 3 is 1.91 bits per heavy atom. The molecule has 0 saturated heterocycles. The fourth-order valence-electron chi connectivity index (χ4n) is 8.65. The molecular weight excluding hydrogens is 551 g/mol. The molecule has 0 N–H and O–H groups in total. The van der Waals surface area contributed by atoms with Crippen molar-refractivity contribution in [1.82, 2.24) is 4.57 Å². The van der Waals surface area contributed by atoms with Gasteiger partial charge >= 0.3 is 0 Å². The number of unbranched alkanes of at least 4 members (excludes halogenated alkanes) is 3. The highest BCUT2D eigenvalue weighted by Crippen LogP contribution is 2.60. The molecule has 0 fully saturated rings. The molecule has 7 rings (SSSR count). The fourth-order valence-corrected chi connectivity index (χ4v) is 14.4. The zero-order valence-corrected chi connectivity index (χ0v) is 28.4. The molecule has 2 atom stereocenters. The van der Waals surface area contributed by atoms with Crippen molar-refractivity contribution >= 4 is 19.0 Å². The van der Waals surface area contributed by atoms with Crippen molar-refractivity contribution in [2.45, 2.75) is 82.7 Å². The largest absolute Gasteiger partial charge is 0.376 e. The van der Waals surface area contributed by atoms with E-state index in [1.54, 1.807) is 22.4 Å². The van der Waals surface area contributed by atoms with E-state index in [1.165, 1.54) is 64.0 Å². The number of nitrogens with zero attached hydrogens (tertiary/aromatic N) is 1. The summed E-state index contributed by atoms with van der Waals surface area (Å²) in [5, 5.41) is 1.42. The second kappa shape index (κ2) is 11.2. The zero-order valence-electron chi connectivity index (χ0n) is 27.4. The van der Waals surface area contributed by atoms with E-state index < -0.39 is 8.07 Å². The molecule has 0 amide bonds. The molecule has 0 bridgehead atoms. The SMILES string of the molecule is Cc1ccc2c(c1)c1c(n2C)C([Si](C)(CCCCCCOC(C)(C)C)C2c3ccccc3-c3ccccc32)c2ccccc2-1. The van der Waals surface area contributed by atoms with Gasteiger partial charge in [-0.25, -0.2) is 0 Å². The molecule has 5 aromatic rings. The minimum absolute atomic E-state index is 0.0561. The van der Waals surface area contributed by atoms with Crippen LogP contribution in [0.15, 0.2) is 91.0 Å². The molecule has 1 aromatic heterocycles. The van der Waals surface area contributed by atoms with Crippen LogP contribution in [-0.4, -0.2) is 24.8 Å². The number of aromatic nitrogens is 1. The maximum atomic E-state index is 6.05. The Morgan fingerprint density at radius 2 is 1.27 bits per heavy atom. The van der Waals surface area contributed by atoms with Gasteiger partial charge in [-0.15, -0.1) is 0 Å². The van der Waals surface area contributed by atoms with Crippen molar-refractivity contribution < 1.29 is 4.74 Å². The van der Waals surface area contributed by atoms with Crippen LogP contribution in [0.4, 0.5) is 0 Å². The average Bonchev–Trinajstić information content (AvgIpc) is 3.62. The van der Waals surface area contributed by atoms with Crippen molar-refractivity contribution in [2.75, 3.05) is 6.61 Å². The Balaban J connectivity index is 1.35. The summed E-state index contributed by atoms with van der Waals surface area (Å²) in [7, 11) is 0.183. The number of hydrogen-bond donors (Lipinski definition) is 0. The first-order valence-electron chi connectivity index (χ1n) is 16.7. The summed E-state index contributed by atoms with van der Waals surface area (Å²) in [6, 6.07) is 36.4. The van der Waals surface area contributed by atoms with E-state index in [4.69, 9.17) is 4.74 Å². The van der Waals surface area contributed by atoms with Crippen molar-refractivity contribution in [3.05, 3.63) is 119 Å². The number of hydrogen-bond acceptors (Lipinski definition) is 1. The van der Waals surface area contributed by atoms with Crippen LogP contribution in [0.1, 0.15) is 85.5 Å². The quantitative estimate of drug-likeness (QED) is 0.122. The number of fused-ring (bicyclic) bond motifs is 8. The summed E-state index contributed by atoms with van der Waals surface area (Å²) in [6.07, 6.45) is 4.92. The van der Waals surface area contributed by atoms with Crippen molar-refractivity contribution in [2.24, 2.45) is 7.05 Å². The summed E-state index contributed by atoms with van der Waals surface area (Å²) >= 11 is 0. The number of aryl methyl sites for hydroxylation is 2. The monoisotopic (exact) mass is 597 g/mol. The third-order valence-electron chi connectivity index (χ3n) is 10.5. The van der Waals surface area contributed by atoms with E-state index in [-0.39, 0.29) is 5.60 Å². The van der Waals surface area contributed by atoms with Crippen molar-refractivity contribution in [3.8, 4) is 22.3 Å². The van der Waals surface area contributed by atoms with Crippen LogP contribution in [0.5, 0.6) is 0 Å². The van der Waals surface area contributed by atoms with Gasteiger partial charge in [0.05, 0.1) is 13.7 Å². The maximum absolute atomic E-state index is 6.05. The highest BCUT2D eigenvalue weighted by atomic mass is 28.3. The van der Waals surface area contributed by atoms with Crippen molar-refractivity contribution in [1.29, 1.82) is 0 Å². The van der Waals surface area contributed by atoms with Crippen molar-refractivity contribution in [3.63, 3.8) is 0 Å². The average molecular weight is 598 g/mol. The molecule has 3 heteroatoms. The molecule has 44 heavy (non-hydrogen) atoms. The van der Waals surface area contributed by atoms with Gasteiger partial charge in [0.1, 0.15) is 0 Å². The first kappa shape index (κ1) is 29.3. The van der Waals surface area contributed by atoms with Crippen LogP contribution < -0.4 is 0 Å². The lowest BCUT2D eigenvalue weighted by Crippen LogP contribution is -2.45. The van der Waals surface area contributed by atoms with E-state index in [0.717, 1.165) is 13.0 Å². The van der Waals surface area contributed by atoms with Crippen LogP contribution >= 0.6 is 0 Å². The van der Waals surface area contributed by atoms with Crippen LogP contribution in [0.2, 0.25) is 12.6 Å². The number of ether oxygens (including phenoxy) is 1. The first-order valence-corrected chi connectivity index (χ1v) is 19.6. The molecule has 2 aliphatic carbocycles. The van der Waals surface area contributed by atoms with Crippen LogP contribution in [-0.2, 0) is 11.8 Å². The third-order valence-corrected chi connectivity index (χ3v) is 15.8. The maximum Gasteiger partial charge on any atom is 0.0780 e. The summed E-state index contributed by atoms with van der Waals surface area (Å²) in [4.78, 5) is 0. The molecule has 226 valence electrons. The van der Waals surface area contributed by atoms with Gasteiger partial charge in [-0.3, -0.25) is 0 Å². The molecule has 0 saturated carbocycles. The summed E-state index contributed by atoms with van der Waals surface area (Å²) in [6.45, 7) is 12.3. The number of rotatable bonds is 9. The van der Waals surface area contributed by atoms with E-state index in [1.807, 2.05) is 0 Å². The molecule has 0 radical (unpaired) electrons. The van der Waals surface area contributed by atoms with Gasteiger partial charge in [-0.1, -0.05) is 116 Å². The molecule has 4 aromatic carbocycles. The molecule has 2 aliphatic rings. The van der Waals surface area contributed by atoms with E-state index in [0.29, 0.717) is 11.1 Å². The Kier molecular flexibility index (Phi) is 7.46. The Hall–Kier alpha value is -3.40. The summed E-state index contributed by atoms with van der Waals surface area (Å²) < 4.78 is 8.62. The molecular formula is C41H47NOSi. The van der Waals surface area contributed by atoms with E-state index in [9.17, 15) is 0 Å². The molecule has 2 unspecified atom stereocenters. The van der Waals surface area contributed by atoms with Gasteiger partial charge in [0.2, 0.25) is 0 Å². The summed E-state index contributed by atoms with van der Waals surface area (Å²) in [5.41, 5.74) is 15.6. The Bertz CT molecular complexity index is 1800. The van der Waals surface area contributed by atoms with Gasteiger partial charge in [0.15, 0.2) is 0 Å². The van der Waals surface area contributed by atoms with Gasteiger partial charge in [0, 0.05) is 46.9 Å². The minimum Gasteiger partial charge on any atom is -0.376 e. The lowest BCUT2D eigenvalue weighted by atomic mass is 10.0. The minimum atomic E-state index is -2.15. The topological polar surface area (TPSA) is 14.2 Å². The molecule has 0 aliphatic heterocycles. The van der Waals surface area contributed by atoms with Gasteiger partial charge < -0.3 is 9.30 Å². The highest BCUT2D eigenvalue weighted by molar-refractivity contribution is 6.83. The molecule has 2 nitrogen and oxygen atoms in total. The predicted molar refractivity (Wildman–Crippen MR) is 189 cm³/mol. The van der Waals surface area contributed by atoms with Gasteiger partial charge in [-0.2, -0.15) is 0 Å². The second-order valence-electron chi connectivity index (χ2n) is 14.6. The molecule has 0 spiro atoms. The Morgan fingerprint density at radius 1 is 0.705 bits per heavy atom. The lowest BCUT2D eigenvalue weighted by Gasteiger charge is -2.41. The van der Waals surface area contributed by atoms with Gasteiger partial charge in [-0.05, 0) is 79.6 Å². The lowest BCUT2D eigenvalue weighted by molar-refractivity contribution is -0.00471. The van der Waals surface area contributed by atoms with Crippen LogP contribution in [0, 0.1) is 6.92 Å². The van der Waals surface area contributed by atoms with Gasteiger partial charge in [0.25, 0.3) is 0 Å². The zero-order chi connectivity index (χ0) is 30.6. The Labute approximate surface area is 265 Å². The predicted octanol–water partition coefficient (Wildman–Crippen LogP) is 10.9. The van der Waals surface area contributed by atoms with E-state index >= 15 is 0 Å². The highest BCUT2D eigenvalue weighted by Gasteiger charge is 2.53. The smallest absolute Gasteiger partial charge is 0.0780 e. The molecule has 1 heterocycles. The standard InChI is InChI=1S/C41H47NOSi/c1-28-23-24-36-35(27-28)37-31-19-11-14-22-34(31)40(38(37)42(36)5)44(6,26-16-8-7-15-25-43-41(2,3)4)39-32-20-12-9-17-29(32)30-18-10-13-21-33(30)39/h9-14,17-24,27,39-40H,7-8,15-16,25-26H2,1-6H3. The third kappa shape index (κ3) is 4.80. The summed E-state index contributed by atoms with van der Waals surface area (Å²) in [5.74, 6) is 0. The second-order valence-corrected chi connectivity index (χ2v) is 19.3. The van der Waals surface area contributed by atoms with E-state index in [2.05, 4.69) is 137 Å². The normalized spacial score (nSPS) is 16.9. The number of benzene rings is 4.